The van der Waals surface area contributed by atoms with Crippen LogP contribution in [0.25, 0.3) is 11.3 Å². The van der Waals surface area contributed by atoms with Crippen LogP contribution < -0.4 is 5.32 Å². The van der Waals surface area contributed by atoms with Crippen molar-refractivity contribution in [2.45, 2.75) is 6.54 Å². The molecule has 0 saturated carbocycles. The molecule has 1 aromatic heterocycles. The summed E-state index contributed by atoms with van der Waals surface area (Å²) in [6.45, 7) is 0.758. The highest BCUT2D eigenvalue weighted by atomic mass is 79.9. The van der Waals surface area contributed by atoms with Gasteiger partial charge < -0.3 is 10.3 Å². The summed E-state index contributed by atoms with van der Waals surface area (Å²) >= 11 is 3.45. The molecule has 1 heterocycles. The molecule has 0 fully saturated rings. The minimum atomic E-state index is 0.758. The third-order valence-corrected chi connectivity index (χ3v) is 2.60. The van der Waals surface area contributed by atoms with Crippen molar-refractivity contribution in [2.75, 3.05) is 7.05 Å². The van der Waals surface area contributed by atoms with Gasteiger partial charge in [0, 0.05) is 10.0 Å². The van der Waals surface area contributed by atoms with Gasteiger partial charge in [0.25, 0.3) is 0 Å². The number of rotatable bonds is 3. The minimum Gasteiger partial charge on any atom is -0.341 e. The van der Waals surface area contributed by atoms with E-state index in [4.69, 9.17) is 0 Å². The van der Waals surface area contributed by atoms with Gasteiger partial charge in [-0.25, -0.2) is 4.98 Å². The van der Waals surface area contributed by atoms with Gasteiger partial charge >= 0.3 is 0 Å². The molecule has 2 aromatic rings. The van der Waals surface area contributed by atoms with E-state index in [-0.39, 0.29) is 0 Å². The summed E-state index contributed by atoms with van der Waals surface area (Å²) in [5.41, 5.74) is 2.18. The Morgan fingerprint density at radius 1 is 1.47 bits per heavy atom. The molecule has 3 nitrogen and oxygen atoms in total. The van der Waals surface area contributed by atoms with E-state index in [1.165, 1.54) is 0 Å². The average molecular weight is 266 g/mol. The number of nitrogens with one attached hydrogen (secondary N) is 2. The minimum absolute atomic E-state index is 0.758. The van der Waals surface area contributed by atoms with Crippen molar-refractivity contribution in [3.8, 4) is 11.3 Å². The van der Waals surface area contributed by atoms with Gasteiger partial charge in [0.15, 0.2) is 0 Å². The van der Waals surface area contributed by atoms with Crippen LogP contribution in [0.1, 0.15) is 5.82 Å². The number of H-pyrrole nitrogens is 1. The predicted octanol–water partition coefficient (Wildman–Crippen LogP) is 2.56. The van der Waals surface area contributed by atoms with Crippen molar-refractivity contribution < 1.29 is 0 Å². The van der Waals surface area contributed by atoms with Crippen LogP contribution in [0.4, 0.5) is 0 Å². The maximum absolute atomic E-state index is 4.28. The average Bonchev–Trinajstić information content (AvgIpc) is 2.67. The number of aromatic nitrogens is 2. The molecule has 1 aromatic carbocycles. The van der Waals surface area contributed by atoms with E-state index in [2.05, 4.69) is 43.3 Å². The van der Waals surface area contributed by atoms with Crippen molar-refractivity contribution in [1.82, 2.24) is 15.3 Å². The number of hydrogen-bond acceptors (Lipinski definition) is 2. The monoisotopic (exact) mass is 265 g/mol. The zero-order valence-corrected chi connectivity index (χ0v) is 10.0. The second-order valence-electron chi connectivity index (χ2n) is 3.28. The van der Waals surface area contributed by atoms with Gasteiger partial charge in [-0.15, -0.1) is 0 Å². The summed E-state index contributed by atoms with van der Waals surface area (Å²) in [5.74, 6) is 0.951. The molecule has 0 radical (unpaired) electrons. The number of imidazole rings is 1. The summed E-state index contributed by atoms with van der Waals surface area (Å²) < 4.78 is 1.07. The maximum atomic E-state index is 4.28. The van der Waals surface area contributed by atoms with E-state index in [0.29, 0.717) is 0 Å². The van der Waals surface area contributed by atoms with Crippen molar-refractivity contribution in [3.05, 3.63) is 40.8 Å². The van der Waals surface area contributed by atoms with Crippen molar-refractivity contribution >= 4 is 15.9 Å². The van der Waals surface area contributed by atoms with Crippen molar-refractivity contribution in [1.29, 1.82) is 0 Å². The third kappa shape index (κ3) is 2.46. The van der Waals surface area contributed by atoms with Crippen LogP contribution in [0.5, 0.6) is 0 Å². The van der Waals surface area contributed by atoms with E-state index >= 15 is 0 Å². The van der Waals surface area contributed by atoms with E-state index in [0.717, 1.165) is 28.1 Å². The molecule has 78 valence electrons. The molecule has 0 aliphatic carbocycles. The first-order valence-corrected chi connectivity index (χ1v) is 5.53. The zero-order valence-electron chi connectivity index (χ0n) is 8.42. The van der Waals surface area contributed by atoms with Gasteiger partial charge in [0.2, 0.25) is 0 Å². The van der Waals surface area contributed by atoms with Crippen LogP contribution >= 0.6 is 15.9 Å². The van der Waals surface area contributed by atoms with E-state index < -0.39 is 0 Å². The van der Waals surface area contributed by atoms with Crippen LogP contribution in [0.2, 0.25) is 0 Å². The molecule has 0 amide bonds. The van der Waals surface area contributed by atoms with Crippen LogP contribution in [-0.2, 0) is 6.54 Å². The summed E-state index contributed by atoms with van der Waals surface area (Å²) in [4.78, 5) is 7.54. The highest BCUT2D eigenvalue weighted by Crippen LogP contribution is 2.21. The van der Waals surface area contributed by atoms with E-state index in [1.807, 2.05) is 25.4 Å². The SMILES string of the molecule is CNCc1ncc(-c2cccc(Br)c2)[nH]1. The summed E-state index contributed by atoms with van der Waals surface area (Å²) in [5, 5.41) is 3.06. The fourth-order valence-electron chi connectivity index (χ4n) is 1.42. The lowest BCUT2D eigenvalue weighted by Gasteiger charge is -1.98. The number of benzene rings is 1. The lowest BCUT2D eigenvalue weighted by Crippen LogP contribution is -2.06. The molecular weight excluding hydrogens is 254 g/mol. The standard InChI is InChI=1S/C11H12BrN3/c1-13-7-11-14-6-10(15-11)8-3-2-4-9(12)5-8/h2-6,13H,7H2,1H3,(H,14,15). The van der Waals surface area contributed by atoms with E-state index in [9.17, 15) is 0 Å². The normalized spacial score (nSPS) is 10.5. The smallest absolute Gasteiger partial charge is 0.120 e. The molecule has 0 aliphatic rings. The van der Waals surface area contributed by atoms with Gasteiger partial charge in [-0.1, -0.05) is 28.1 Å². The molecule has 0 unspecified atom stereocenters. The first-order chi connectivity index (χ1) is 7.29. The fourth-order valence-corrected chi connectivity index (χ4v) is 1.82. The Labute approximate surface area is 97.1 Å². The largest absolute Gasteiger partial charge is 0.341 e. The second-order valence-corrected chi connectivity index (χ2v) is 4.20. The fraction of sp³-hybridized carbons (Fsp3) is 0.182. The Morgan fingerprint density at radius 3 is 3.07 bits per heavy atom. The quantitative estimate of drug-likeness (QED) is 0.896. The summed E-state index contributed by atoms with van der Waals surface area (Å²) in [6.07, 6.45) is 1.86. The highest BCUT2D eigenvalue weighted by Gasteiger charge is 2.02. The molecule has 15 heavy (non-hydrogen) atoms. The topological polar surface area (TPSA) is 40.7 Å². The van der Waals surface area contributed by atoms with Gasteiger partial charge in [0.05, 0.1) is 18.4 Å². The zero-order chi connectivity index (χ0) is 10.7. The van der Waals surface area contributed by atoms with Crippen LogP contribution in [0, 0.1) is 0 Å². The highest BCUT2D eigenvalue weighted by molar-refractivity contribution is 9.10. The predicted molar refractivity (Wildman–Crippen MR) is 64.5 cm³/mol. The summed E-state index contributed by atoms with van der Waals surface area (Å²) in [6, 6.07) is 8.14. The molecule has 0 spiro atoms. The number of nitrogens with zero attached hydrogens (tertiary/aromatic N) is 1. The maximum Gasteiger partial charge on any atom is 0.120 e. The number of aromatic amines is 1. The third-order valence-electron chi connectivity index (χ3n) is 2.11. The van der Waals surface area contributed by atoms with Gasteiger partial charge in [-0.2, -0.15) is 0 Å². The lowest BCUT2D eigenvalue weighted by molar-refractivity contribution is 0.772. The van der Waals surface area contributed by atoms with Gasteiger partial charge in [-0.3, -0.25) is 0 Å². The molecule has 0 aliphatic heterocycles. The first-order valence-electron chi connectivity index (χ1n) is 4.74. The molecule has 0 saturated heterocycles. The number of hydrogen-bond donors (Lipinski definition) is 2. The Balaban J connectivity index is 2.29. The Morgan fingerprint density at radius 2 is 2.33 bits per heavy atom. The van der Waals surface area contributed by atoms with Crippen LogP contribution in [-0.4, -0.2) is 17.0 Å². The molecular formula is C11H12BrN3. The summed E-state index contributed by atoms with van der Waals surface area (Å²) in [7, 11) is 1.90. The first kappa shape index (κ1) is 10.4. The lowest BCUT2D eigenvalue weighted by atomic mass is 10.2. The van der Waals surface area contributed by atoms with E-state index in [1.54, 1.807) is 0 Å². The molecule has 2 rings (SSSR count). The number of halogens is 1. The van der Waals surface area contributed by atoms with Crippen LogP contribution in [0.3, 0.4) is 0 Å². The Hall–Kier alpha value is -1.13. The molecule has 0 bridgehead atoms. The van der Waals surface area contributed by atoms with Gasteiger partial charge in [0.1, 0.15) is 5.82 Å². The molecule has 4 heteroatoms. The Bertz CT molecular complexity index is 451. The van der Waals surface area contributed by atoms with Crippen LogP contribution in [0.15, 0.2) is 34.9 Å². The van der Waals surface area contributed by atoms with Gasteiger partial charge in [-0.05, 0) is 19.2 Å². The molecule has 2 N–H and O–H groups in total. The second kappa shape index (κ2) is 4.59. The van der Waals surface area contributed by atoms with Crippen molar-refractivity contribution in [3.63, 3.8) is 0 Å². The van der Waals surface area contributed by atoms with Crippen molar-refractivity contribution in [2.24, 2.45) is 0 Å². The molecule has 0 atom stereocenters. The Kier molecular flexibility index (Phi) is 3.18.